The first-order valence-corrected chi connectivity index (χ1v) is 16.2. The van der Waals surface area contributed by atoms with Crippen molar-refractivity contribution in [3.05, 3.63) is 48.0 Å². The van der Waals surface area contributed by atoms with Crippen LogP contribution in [-0.2, 0) is 10.0 Å². The highest BCUT2D eigenvalue weighted by Gasteiger charge is 2.39. The minimum Gasteiger partial charge on any atom is -0.492 e. The lowest BCUT2D eigenvalue weighted by molar-refractivity contribution is 0.0239. The van der Waals surface area contributed by atoms with Gasteiger partial charge in [0.2, 0.25) is 10.0 Å². The van der Waals surface area contributed by atoms with Gasteiger partial charge in [0.1, 0.15) is 22.3 Å². The number of sulfonamides is 1. The number of ether oxygens (including phenoxy) is 1. The topological polar surface area (TPSA) is 111 Å². The van der Waals surface area contributed by atoms with Crippen molar-refractivity contribution in [3.8, 4) is 16.9 Å². The molecule has 2 fully saturated rings. The quantitative estimate of drug-likeness (QED) is 0.481. The fourth-order valence-electron chi connectivity index (χ4n) is 6.36. The Kier molecular flexibility index (Phi) is 9.36. The summed E-state index contributed by atoms with van der Waals surface area (Å²) in [5.41, 5.74) is 0.0244. The number of amides is 2. The molecule has 3 N–H and O–H groups in total. The number of hydrogen-bond acceptors (Lipinski definition) is 6. The number of nitrogens with one attached hydrogen (secondary N) is 2. The molecule has 2 aliphatic heterocycles. The van der Waals surface area contributed by atoms with E-state index in [2.05, 4.69) is 10.0 Å². The van der Waals surface area contributed by atoms with Crippen LogP contribution in [0.4, 0.5) is 13.6 Å². The van der Waals surface area contributed by atoms with Crippen LogP contribution < -0.4 is 14.8 Å². The van der Waals surface area contributed by atoms with E-state index in [0.29, 0.717) is 38.0 Å². The maximum absolute atomic E-state index is 14.6. The van der Waals surface area contributed by atoms with Crippen molar-refractivity contribution in [2.45, 2.75) is 62.0 Å². The minimum absolute atomic E-state index is 0.0401. The monoisotopic (exact) mass is 606 g/mol. The van der Waals surface area contributed by atoms with E-state index in [1.54, 1.807) is 0 Å². The zero-order valence-electron chi connectivity index (χ0n) is 24.0. The van der Waals surface area contributed by atoms with Gasteiger partial charge in [-0.3, -0.25) is 0 Å². The number of rotatable bonds is 2. The van der Waals surface area contributed by atoms with Gasteiger partial charge in [0, 0.05) is 55.8 Å². The van der Waals surface area contributed by atoms with Gasteiger partial charge in [0.25, 0.3) is 0 Å². The Balaban J connectivity index is 1.40. The van der Waals surface area contributed by atoms with Crippen molar-refractivity contribution in [1.29, 1.82) is 0 Å². The van der Waals surface area contributed by atoms with Crippen LogP contribution in [0.25, 0.3) is 11.1 Å². The van der Waals surface area contributed by atoms with Gasteiger partial charge >= 0.3 is 6.03 Å². The molecule has 1 saturated carbocycles. The zero-order chi connectivity index (χ0) is 29.9. The number of fused-ring (bicyclic) bond motifs is 1. The largest absolute Gasteiger partial charge is 0.492 e. The summed E-state index contributed by atoms with van der Waals surface area (Å²) in [7, 11) is -2.21. The van der Waals surface area contributed by atoms with E-state index in [1.165, 1.54) is 30.7 Å². The number of likely N-dealkylation sites (N-methyl/N-ethyl adjacent to an activating group) is 1. The third kappa shape index (κ3) is 7.21. The van der Waals surface area contributed by atoms with Crippen LogP contribution in [0.1, 0.15) is 44.9 Å². The summed E-state index contributed by atoms with van der Waals surface area (Å²) in [4.78, 5) is 16.7. The molecule has 2 aromatic carbocycles. The maximum atomic E-state index is 14.6. The van der Waals surface area contributed by atoms with Gasteiger partial charge in [-0.15, -0.1) is 0 Å². The van der Waals surface area contributed by atoms with Gasteiger partial charge in [-0.2, -0.15) is 0 Å². The molecule has 1 atom stereocenters. The molecular formula is C30H40F2N4O5S. The SMILES string of the molecule is CN1CC(O)CNS(=O)(=O)c2ccc(-c3ccc(F)cc3F)cc2OCC2(CCN(C(=O)NC3CCCCC3)CC2)C1. The second kappa shape index (κ2) is 12.8. The number of piperidine rings is 1. The number of nitrogens with zero attached hydrogens (tertiary/aromatic N) is 2. The van der Waals surface area contributed by atoms with Crippen molar-refractivity contribution in [1.82, 2.24) is 19.8 Å². The molecule has 9 nitrogen and oxygen atoms in total. The third-order valence-electron chi connectivity index (χ3n) is 8.69. The van der Waals surface area contributed by atoms with Crippen molar-refractivity contribution in [3.63, 3.8) is 0 Å². The average molecular weight is 607 g/mol. The zero-order valence-corrected chi connectivity index (χ0v) is 24.8. The van der Waals surface area contributed by atoms with Crippen LogP contribution in [0, 0.1) is 17.0 Å². The number of aliphatic hydroxyl groups is 1. The minimum atomic E-state index is -4.08. The summed E-state index contributed by atoms with van der Waals surface area (Å²) < 4.78 is 63.4. The molecule has 1 spiro atoms. The van der Waals surface area contributed by atoms with Crippen LogP contribution in [0.5, 0.6) is 5.75 Å². The van der Waals surface area contributed by atoms with E-state index in [-0.39, 0.29) is 48.0 Å². The summed E-state index contributed by atoms with van der Waals surface area (Å²) in [5, 5.41) is 13.8. The van der Waals surface area contributed by atoms with Crippen LogP contribution in [0.2, 0.25) is 0 Å². The van der Waals surface area contributed by atoms with E-state index in [1.807, 2.05) is 16.8 Å². The first-order chi connectivity index (χ1) is 20.0. The molecule has 0 aromatic heterocycles. The lowest BCUT2D eigenvalue weighted by atomic mass is 9.78. The lowest BCUT2D eigenvalue weighted by Gasteiger charge is -2.44. The normalized spacial score (nSPS) is 23.7. The highest BCUT2D eigenvalue weighted by Crippen LogP contribution is 2.37. The van der Waals surface area contributed by atoms with E-state index in [4.69, 9.17) is 4.74 Å². The van der Waals surface area contributed by atoms with Gasteiger partial charge < -0.3 is 25.0 Å². The summed E-state index contributed by atoms with van der Waals surface area (Å²) in [6.07, 6.45) is 5.78. The molecule has 230 valence electrons. The Morgan fingerprint density at radius 1 is 1.10 bits per heavy atom. The summed E-state index contributed by atoms with van der Waals surface area (Å²) in [6, 6.07) is 7.62. The highest BCUT2D eigenvalue weighted by molar-refractivity contribution is 7.89. The van der Waals surface area contributed by atoms with Crippen LogP contribution in [-0.4, -0.2) is 87.9 Å². The number of benzene rings is 2. The van der Waals surface area contributed by atoms with Gasteiger partial charge in [-0.25, -0.2) is 26.7 Å². The standard InChI is InChI=1S/C30H40F2N4O5S/c1-35-18-24(37)17-33-42(39,40)28-10-7-21(25-9-8-22(31)16-26(25)32)15-27(28)41-20-30(19-35)11-13-36(14-12-30)29(38)34-23-5-3-2-4-6-23/h7-10,15-16,23-24,33,37H,2-6,11-14,17-20H2,1H3,(H,34,38). The Bertz CT molecular complexity index is 1380. The number of halogens is 2. The fourth-order valence-corrected chi connectivity index (χ4v) is 7.55. The second-order valence-electron chi connectivity index (χ2n) is 12.0. The number of carbonyl (C=O) groups is 1. The highest BCUT2D eigenvalue weighted by atomic mass is 32.2. The number of carbonyl (C=O) groups excluding carboxylic acids is 1. The number of likely N-dealkylation sites (tertiary alicyclic amines) is 1. The summed E-state index contributed by atoms with van der Waals surface area (Å²) in [5.74, 6) is -1.45. The van der Waals surface area contributed by atoms with Crippen LogP contribution in [0.3, 0.4) is 0 Å². The van der Waals surface area contributed by atoms with Crippen molar-refractivity contribution >= 4 is 16.1 Å². The van der Waals surface area contributed by atoms with Gasteiger partial charge in [-0.1, -0.05) is 25.3 Å². The molecular weight excluding hydrogens is 566 g/mol. The molecule has 0 bridgehead atoms. The van der Waals surface area contributed by atoms with Crippen LogP contribution in [0.15, 0.2) is 41.3 Å². The average Bonchev–Trinajstić information content (AvgIpc) is 2.95. The van der Waals surface area contributed by atoms with E-state index >= 15 is 0 Å². The van der Waals surface area contributed by atoms with Crippen molar-refractivity contribution in [2.24, 2.45) is 5.41 Å². The maximum Gasteiger partial charge on any atom is 0.317 e. The molecule has 5 rings (SSSR count). The summed E-state index contributed by atoms with van der Waals surface area (Å²) >= 11 is 0. The molecule has 3 aliphatic rings. The fraction of sp³-hybridized carbons (Fsp3) is 0.567. The van der Waals surface area contributed by atoms with Gasteiger partial charge in [0.15, 0.2) is 0 Å². The number of urea groups is 1. The number of hydrogen-bond donors (Lipinski definition) is 3. The first-order valence-electron chi connectivity index (χ1n) is 14.7. The lowest BCUT2D eigenvalue weighted by Crippen LogP contribution is -2.54. The molecule has 1 aliphatic carbocycles. The molecule has 2 amide bonds. The molecule has 12 heteroatoms. The first kappa shape index (κ1) is 30.7. The Morgan fingerprint density at radius 3 is 2.55 bits per heavy atom. The Morgan fingerprint density at radius 2 is 1.83 bits per heavy atom. The predicted octanol–water partition coefficient (Wildman–Crippen LogP) is 3.72. The second-order valence-corrected chi connectivity index (χ2v) is 13.8. The molecule has 0 radical (unpaired) electrons. The molecule has 1 saturated heterocycles. The molecule has 42 heavy (non-hydrogen) atoms. The van der Waals surface area contributed by atoms with E-state index in [0.717, 1.165) is 37.8 Å². The number of β-amino-alcohol motifs (C(OH)–C–C–N with tert-alkyl or cyclic N) is 1. The third-order valence-corrected chi connectivity index (χ3v) is 10.2. The number of aliphatic hydroxyl groups excluding tert-OH is 1. The van der Waals surface area contributed by atoms with Crippen molar-refractivity contribution in [2.75, 3.05) is 46.4 Å². The summed E-state index contributed by atoms with van der Waals surface area (Å²) in [6.45, 7) is 1.83. The smallest absolute Gasteiger partial charge is 0.317 e. The predicted molar refractivity (Wildman–Crippen MR) is 155 cm³/mol. The van der Waals surface area contributed by atoms with Crippen LogP contribution >= 0.6 is 0 Å². The molecule has 2 aromatic rings. The van der Waals surface area contributed by atoms with E-state index < -0.39 is 33.2 Å². The van der Waals surface area contributed by atoms with Crippen molar-refractivity contribution < 1.29 is 31.8 Å². The Hall–Kier alpha value is -2.80. The molecule has 1 unspecified atom stereocenters. The Labute approximate surface area is 246 Å². The molecule has 2 heterocycles. The van der Waals surface area contributed by atoms with Gasteiger partial charge in [-0.05, 0) is 62.6 Å². The van der Waals surface area contributed by atoms with Gasteiger partial charge in [0.05, 0.1) is 12.7 Å². The van der Waals surface area contributed by atoms with E-state index in [9.17, 15) is 27.1 Å².